The fourth-order valence-corrected chi connectivity index (χ4v) is 2.78. The van der Waals surface area contributed by atoms with Crippen molar-refractivity contribution < 1.29 is 35.3 Å². The Morgan fingerprint density at radius 2 is 1.85 bits per heavy atom. The van der Waals surface area contributed by atoms with E-state index in [0.29, 0.717) is 22.1 Å². The minimum absolute atomic E-state index is 0.168. The van der Waals surface area contributed by atoms with E-state index in [9.17, 15) is 26.4 Å². The molecule has 0 saturated heterocycles. The predicted molar refractivity (Wildman–Crippen MR) is 92.3 cm³/mol. The van der Waals surface area contributed by atoms with Gasteiger partial charge in [-0.05, 0) is 47.0 Å². The summed E-state index contributed by atoms with van der Waals surface area (Å²) in [5.41, 5.74) is -5.06. The number of alkyl halides is 3. The SMILES string of the molecule is CNC(=O)NCCc1cc(OS(=O)(=O)C(F)(F)F)cc2ccc(OC)cc12. The highest BCUT2D eigenvalue weighted by Crippen LogP contribution is 2.32. The standard InChI is InChI=1S/C16H17F3N2O5S/c1-20-15(22)21-6-5-11-8-13(26-27(23,24)16(17,18)19)7-10-3-4-12(25-2)9-14(10)11/h3-4,7-9H,5-6H2,1-2H3,(H2,20,21,22). The van der Waals surface area contributed by atoms with Crippen molar-refractivity contribution in [3.8, 4) is 11.5 Å². The summed E-state index contributed by atoms with van der Waals surface area (Å²) >= 11 is 0. The van der Waals surface area contributed by atoms with Crippen molar-refractivity contribution in [1.29, 1.82) is 0 Å². The number of urea groups is 1. The Morgan fingerprint density at radius 1 is 1.15 bits per heavy atom. The van der Waals surface area contributed by atoms with E-state index in [1.54, 1.807) is 18.2 Å². The van der Waals surface area contributed by atoms with Gasteiger partial charge in [-0.15, -0.1) is 0 Å². The van der Waals surface area contributed by atoms with E-state index >= 15 is 0 Å². The minimum atomic E-state index is -5.79. The molecule has 148 valence electrons. The van der Waals surface area contributed by atoms with Gasteiger partial charge in [0.1, 0.15) is 11.5 Å². The van der Waals surface area contributed by atoms with Crippen LogP contribution >= 0.6 is 0 Å². The minimum Gasteiger partial charge on any atom is -0.497 e. The van der Waals surface area contributed by atoms with Gasteiger partial charge < -0.3 is 19.6 Å². The van der Waals surface area contributed by atoms with Gasteiger partial charge in [-0.1, -0.05) is 6.07 Å². The lowest BCUT2D eigenvalue weighted by Crippen LogP contribution is -2.34. The molecule has 0 unspecified atom stereocenters. The normalized spacial score (nSPS) is 11.9. The number of benzene rings is 2. The smallest absolute Gasteiger partial charge is 0.497 e. The predicted octanol–water partition coefficient (Wildman–Crippen LogP) is 2.55. The molecule has 0 aromatic heterocycles. The van der Waals surface area contributed by atoms with Gasteiger partial charge in [-0.25, -0.2) is 4.79 Å². The number of rotatable bonds is 6. The molecule has 2 N–H and O–H groups in total. The lowest BCUT2D eigenvalue weighted by Gasteiger charge is -2.14. The van der Waals surface area contributed by atoms with Gasteiger partial charge in [0.15, 0.2) is 0 Å². The van der Waals surface area contributed by atoms with Crippen molar-refractivity contribution in [3.05, 3.63) is 35.9 Å². The third kappa shape index (κ3) is 4.94. The highest BCUT2D eigenvalue weighted by molar-refractivity contribution is 7.88. The molecule has 0 aliphatic carbocycles. The van der Waals surface area contributed by atoms with Crippen molar-refractivity contribution in [2.24, 2.45) is 0 Å². The van der Waals surface area contributed by atoms with Crippen LogP contribution in [0.25, 0.3) is 10.8 Å². The molecule has 11 heteroatoms. The number of ether oxygens (including phenoxy) is 1. The van der Waals surface area contributed by atoms with Crippen LogP contribution in [-0.4, -0.2) is 40.7 Å². The third-order valence-corrected chi connectivity index (χ3v) is 4.60. The van der Waals surface area contributed by atoms with Crippen LogP contribution in [0, 0.1) is 0 Å². The lowest BCUT2D eigenvalue weighted by molar-refractivity contribution is -0.0500. The average Bonchev–Trinajstić information content (AvgIpc) is 2.59. The number of halogens is 3. The first-order valence-corrected chi connectivity index (χ1v) is 9.05. The topological polar surface area (TPSA) is 93.7 Å². The molecule has 0 bridgehead atoms. The van der Waals surface area contributed by atoms with Crippen LogP contribution in [0.15, 0.2) is 30.3 Å². The molecule has 2 aromatic carbocycles. The molecule has 2 aromatic rings. The molecule has 7 nitrogen and oxygen atoms in total. The fourth-order valence-electron chi connectivity index (χ4n) is 2.34. The molecule has 2 rings (SSSR count). The van der Waals surface area contributed by atoms with Crippen molar-refractivity contribution in [1.82, 2.24) is 10.6 Å². The first-order valence-electron chi connectivity index (χ1n) is 7.64. The zero-order valence-corrected chi connectivity index (χ0v) is 15.2. The summed E-state index contributed by atoms with van der Waals surface area (Å²) in [5.74, 6) is 0.0412. The van der Waals surface area contributed by atoms with Crippen molar-refractivity contribution >= 4 is 26.9 Å². The third-order valence-electron chi connectivity index (χ3n) is 3.62. The van der Waals surface area contributed by atoms with E-state index < -0.39 is 27.4 Å². The van der Waals surface area contributed by atoms with Gasteiger partial charge in [0.2, 0.25) is 0 Å². The van der Waals surface area contributed by atoms with E-state index in [0.717, 1.165) is 0 Å². The summed E-state index contributed by atoms with van der Waals surface area (Å²) < 4.78 is 69.7. The molecule has 0 aliphatic heterocycles. The van der Waals surface area contributed by atoms with Crippen LogP contribution in [0.4, 0.5) is 18.0 Å². The van der Waals surface area contributed by atoms with E-state index in [2.05, 4.69) is 14.8 Å². The van der Waals surface area contributed by atoms with Gasteiger partial charge >= 0.3 is 21.7 Å². The quantitative estimate of drug-likeness (QED) is 0.568. The van der Waals surface area contributed by atoms with E-state index in [1.165, 1.54) is 26.3 Å². The summed E-state index contributed by atoms with van der Waals surface area (Å²) in [6, 6.07) is 6.76. The number of hydrogen-bond donors (Lipinski definition) is 2. The second-order valence-electron chi connectivity index (χ2n) is 5.41. The monoisotopic (exact) mass is 406 g/mol. The summed E-state index contributed by atoms with van der Waals surface area (Å²) in [5, 5.41) is 6.00. The summed E-state index contributed by atoms with van der Waals surface area (Å²) in [4.78, 5) is 11.3. The van der Waals surface area contributed by atoms with Crippen molar-refractivity contribution in [3.63, 3.8) is 0 Å². The van der Waals surface area contributed by atoms with Crippen molar-refractivity contribution in [2.45, 2.75) is 11.9 Å². The molecule has 2 amide bonds. The zero-order chi connectivity index (χ0) is 20.2. The Kier molecular flexibility index (Phi) is 6.04. The van der Waals surface area contributed by atoms with Crippen LogP contribution < -0.4 is 19.6 Å². The van der Waals surface area contributed by atoms with Crippen LogP contribution in [-0.2, 0) is 16.5 Å². The first kappa shape index (κ1) is 20.6. The van der Waals surface area contributed by atoms with Crippen LogP contribution in [0.3, 0.4) is 0 Å². The molecular formula is C16H17F3N2O5S. The van der Waals surface area contributed by atoms with E-state index in [-0.39, 0.29) is 13.0 Å². The molecule has 0 spiro atoms. The van der Waals surface area contributed by atoms with Gasteiger partial charge in [0.25, 0.3) is 0 Å². The first-order chi connectivity index (χ1) is 12.6. The maximum atomic E-state index is 12.6. The summed E-state index contributed by atoms with van der Waals surface area (Å²) in [6.07, 6.45) is 0.223. The molecule has 0 aliphatic rings. The van der Waals surface area contributed by atoms with Crippen LogP contribution in [0.5, 0.6) is 11.5 Å². The average molecular weight is 406 g/mol. The number of amides is 2. The number of methoxy groups -OCH3 is 1. The second kappa shape index (κ2) is 7.91. The van der Waals surface area contributed by atoms with Crippen LogP contribution in [0.2, 0.25) is 0 Å². The van der Waals surface area contributed by atoms with Gasteiger partial charge in [-0.3, -0.25) is 0 Å². The summed E-state index contributed by atoms with van der Waals surface area (Å²) in [6.45, 7) is 0.168. The van der Waals surface area contributed by atoms with Crippen LogP contribution in [0.1, 0.15) is 5.56 Å². The molecular weight excluding hydrogens is 389 g/mol. The Labute approximate surface area is 153 Å². The zero-order valence-electron chi connectivity index (χ0n) is 14.4. The van der Waals surface area contributed by atoms with Crippen molar-refractivity contribution in [2.75, 3.05) is 20.7 Å². The highest BCUT2D eigenvalue weighted by Gasteiger charge is 2.48. The number of carbonyl (C=O) groups excluding carboxylic acids is 1. The number of nitrogens with one attached hydrogen (secondary N) is 2. The second-order valence-corrected chi connectivity index (χ2v) is 6.95. The Bertz CT molecular complexity index is 945. The maximum absolute atomic E-state index is 12.6. The molecule has 0 heterocycles. The van der Waals surface area contributed by atoms with E-state index in [1.807, 2.05) is 0 Å². The van der Waals surface area contributed by atoms with Gasteiger partial charge in [0, 0.05) is 13.6 Å². The molecule has 0 atom stereocenters. The number of hydrogen-bond acceptors (Lipinski definition) is 5. The molecule has 0 radical (unpaired) electrons. The lowest BCUT2D eigenvalue weighted by atomic mass is 10.0. The van der Waals surface area contributed by atoms with Gasteiger partial charge in [0.05, 0.1) is 7.11 Å². The molecule has 0 fully saturated rings. The Hall–Kier alpha value is -2.69. The summed E-state index contributed by atoms with van der Waals surface area (Å²) in [7, 11) is -2.90. The number of fused-ring (bicyclic) bond motifs is 1. The maximum Gasteiger partial charge on any atom is 0.534 e. The Balaban J connectivity index is 2.44. The Morgan fingerprint density at radius 3 is 2.44 bits per heavy atom. The van der Waals surface area contributed by atoms with E-state index in [4.69, 9.17) is 4.74 Å². The highest BCUT2D eigenvalue weighted by atomic mass is 32.2. The molecule has 0 saturated carbocycles. The number of carbonyl (C=O) groups is 1. The fraction of sp³-hybridized carbons (Fsp3) is 0.312. The van der Waals surface area contributed by atoms with Gasteiger partial charge in [-0.2, -0.15) is 21.6 Å². The molecule has 27 heavy (non-hydrogen) atoms. The largest absolute Gasteiger partial charge is 0.534 e.